The number of nitrogens with zero attached hydrogens (tertiary/aromatic N) is 1. The van der Waals surface area contributed by atoms with Crippen LogP contribution in [0.1, 0.15) is 20.8 Å². The molecule has 0 aromatic carbocycles. The number of hydrogen-bond acceptors (Lipinski definition) is 4. The van der Waals surface area contributed by atoms with E-state index in [1.54, 1.807) is 13.0 Å². The van der Waals surface area contributed by atoms with Crippen LogP contribution in [0, 0.1) is 11.8 Å². The van der Waals surface area contributed by atoms with Crippen LogP contribution in [0.3, 0.4) is 0 Å². The van der Waals surface area contributed by atoms with Gasteiger partial charge in [0.2, 0.25) is 5.91 Å². The zero-order valence-electron chi connectivity index (χ0n) is 9.64. The third-order valence-corrected chi connectivity index (χ3v) is 2.51. The predicted molar refractivity (Wildman–Crippen MR) is 64.8 cm³/mol. The van der Waals surface area contributed by atoms with Gasteiger partial charge in [0, 0.05) is 18.4 Å². The summed E-state index contributed by atoms with van der Waals surface area (Å²) in [5.74, 6) is 4.74. The van der Waals surface area contributed by atoms with E-state index in [-0.39, 0.29) is 23.6 Å². The second-order valence-electron chi connectivity index (χ2n) is 3.64. The molecule has 0 radical (unpaired) electrons. The molecule has 0 heterocycles. The first-order chi connectivity index (χ1) is 7.43. The summed E-state index contributed by atoms with van der Waals surface area (Å²) in [6.45, 7) is 4.83. The third-order valence-electron chi connectivity index (χ3n) is 2.37. The zero-order chi connectivity index (χ0) is 12.7. The standard InChI is InChI=1S/C10H18ClN3O2/c1-6(7(2)15)9(4-5-11)10(14-12)13-8(3)16/h4-7,9,15H,12H2,1-3H3,(H,13,14,16)/b5-4+/t6?,7-,9+/m0/s1. The first kappa shape index (κ1) is 14.9. The number of nitrogens with two attached hydrogens (primary N) is 1. The molecule has 0 saturated carbocycles. The number of hydrogen-bond donors (Lipinski definition) is 3. The molecule has 6 heteroatoms. The fourth-order valence-corrected chi connectivity index (χ4v) is 1.43. The van der Waals surface area contributed by atoms with Crippen LogP contribution >= 0.6 is 11.6 Å². The number of aliphatic hydroxyl groups excluding tert-OH is 1. The number of carbonyl (C=O) groups excluding carboxylic acids is 1. The smallest absolute Gasteiger partial charge is 0.222 e. The van der Waals surface area contributed by atoms with E-state index in [4.69, 9.17) is 17.4 Å². The lowest BCUT2D eigenvalue weighted by molar-refractivity contribution is -0.117. The average Bonchev–Trinajstić information content (AvgIpc) is 2.21. The third kappa shape index (κ3) is 4.63. The molecule has 1 amide bonds. The molecule has 0 aromatic rings. The lowest BCUT2D eigenvalue weighted by Crippen LogP contribution is -2.39. The van der Waals surface area contributed by atoms with Crippen molar-refractivity contribution in [3.63, 3.8) is 0 Å². The van der Waals surface area contributed by atoms with Crippen molar-refractivity contribution in [3.05, 3.63) is 11.6 Å². The Hall–Kier alpha value is -1.07. The van der Waals surface area contributed by atoms with Gasteiger partial charge in [-0.3, -0.25) is 4.79 Å². The van der Waals surface area contributed by atoms with E-state index in [1.165, 1.54) is 12.5 Å². The maximum absolute atomic E-state index is 10.9. The molecule has 0 saturated heterocycles. The molecule has 92 valence electrons. The van der Waals surface area contributed by atoms with Gasteiger partial charge in [-0.2, -0.15) is 5.10 Å². The van der Waals surface area contributed by atoms with E-state index in [0.29, 0.717) is 0 Å². The van der Waals surface area contributed by atoms with Crippen LogP contribution in [0.4, 0.5) is 0 Å². The van der Waals surface area contributed by atoms with Crippen molar-refractivity contribution in [1.29, 1.82) is 0 Å². The lowest BCUT2D eigenvalue weighted by atomic mass is 9.89. The number of hydrazone groups is 1. The Morgan fingerprint density at radius 1 is 1.56 bits per heavy atom. The van der Waals surface area contributed by atoms with Gasteiger partial charge in [0.05, 0.1) is 6.10 Å². The summed E-state index contributed by atoms with van der Waals surface area (Å²) < 4.78 is 0. The molecule has 0 aliphatic rings. The number of aliphatic hydroxyl groups is 1. The molecule has 1 unspecified atom stereocenters. The summed E-state index contributed by atoms with van der Waals surface area (Å²) >= 11 is 5.51. The Balaban J connectivity index is 4.94. The summed E-state index contributed by atoms with van der Waals surface area (Å²) in [5, 5.41) is 15.5. The average molecular weight is 248 g/mol. The Bertz CT molecular complexity index is 290. The Kier molecular flexibility index (Phi) is 6.76. The summed E-state index contributed by atoms with van der Waals surface area (Å²) in [7, 11) is 0. The van der Waals surface area contributed by atoms with E-state index in [0.717, 1.165) is 0 Å². The van der Waals surface area contributed by atoms with E-state index in [2.05, 4.69) is 10.4 Å². The van der Waals surface area contributed by atoms with Gasteiger partial charge in [0.15, 0.2) is 0 Å². The predicted octanol–water partition coefficient (Wildman–Crippen LogP) is 0.780. The molecule has 0 bridgehead atoms. The Morgan fingerprint density at radius 3 is 2.44 bits per heavy atom. The number of carbonyl (C=O) groups is 1. The first-order valence-electron chi connectivity index (χ1n) is 4.94. The van der Waals surface area contributed by atoms with Gasteiger partial charge < -0.3 is 16.3 Å². The van der Waals surface area contributed by atoms with E-state index in [9.17, 15) is 9.90 Å². The number of nitrogens with one attached hydrogen (secondary N) is 1. The fraction of sp³-hybridized carbons (Fsp3) is 0.600. The normalized spacial score (nSPS) is 18.2. The second kappa shape index (κ2) is 7.24. The molecule has 0 rings (SSSR count). The van der Waals surface area contributed by atoms with Gasteiger partial charge in [-0.1, -0.05) is 24.6 Å². The number of rotatable bonds is 4. The minimum atomic E-state index is -0.566. The van der Waals surface area contributed by atoms with Crippen molar-refractivity contribution in [1.82, 2.24) is 5.32 Å². The fourth-order valence-electron chi connectivity index (χ4n) is 1.28. The van der Waals surface area contributed by atoms with Gasteiger partial charge in [0.1, 0.15) is 5.84 Å². The molecule has 5 nitrogen and oxygen atoms in total. The highest BCUT2D eigenvalue weighted by Gasteiger charge is 2.24. The maximum atomic E-state index is 10.9. The number of halogens is 1. The molecule has 0 aromatic heterocycles. The highest BCUT2D eigenvalue weighted by atomic mass is 35.5. The molecule has 0 aliphatic heterocycles. The van der Waals surface area contributed by atoms with E-state index >= 15 is 0 Å². The quantitative estimate of drug-likeness (QED) is 0.297. The van der Waals surface area contributed by atoms with Crippen molar-refractivity contribution in [3.8, 4) is 0 Å². The van der Waals surface area contributed by atoms with Crippen LogP contribution in [-0.4, -0.2) is 23.0 Å². The molecular weight excluding hydrogens is 230 g/mol. The van der Waals surface area contributed by atoms with Gasteiger partial charge in [-0.05, 0) is 12.8 Å². The van der Waals surface area contributed by atoms with Gasteiger partial charge in [-0.25, -0.2) is 0 Å². The number of amides is 1. The summed E-state index contributed by atoms with van der Waals surface area (Å²) in [5.41, 5.74) is 1.32. The van der Waals surface area contributed by atoms with Crippen LogP contribution in [0.15, 0.2) is 16.7 Å². The van der Waals surface area contributed by atoms with Crippen molar-refractivity contribution in [2.45, 2.75) is 26.9 Å². The summed E-state index contributed by atoms with van der Waals surface area (Å²) in [6.07, 6.45) is 1.06. The van der Waals surface area contributed by atoms with Crippen LogP contribution < -0.4 is 11.2 Å². The van der Waals surface area contributed by atoms with Crippen LogP contribution in [-0.2, 0) is 4.79 Å². The lowest BCUT2D eigenvalue weighted by Gasteiger charge is -2.24. The Morgan fingerprint density at radius 2 is 2.12 bits per heavy atom. The molecule has 4 N–H and O–H groups in total. The van der Waals surface area contributed by atoms with Gasteiger partial charge in [0.25, 0.3) is 0 Å². The maximum Gasteiger partial charge on any atom is 0.222 e. The molecular formula is C10H18ClN3O2. The highest BCUT2D eigenvalue weighted by molar-refractivity contribution is 6.25. The van der Waals surface area contributed by atoms with Crippen molar-refractivity contribution in [2.75, 3.05) is 0 Å². The molecule has 16 heavy (non-hydrogen) atoms. The van der Waals surface area contributed by atoms with E-state index < -0.39 is 6.10 Å². The van der Waals surface area contributed by atoms with Crippen molar-refractivity contribution < 1.29 is 9.90 Å². The minimum Gasteiger partial charge on any atom is -0.393 e. The summed E-state index contributed by atoms with van der Waals surface area (Å²) in [6, 6.07) is 0. The van der Waals surface area contributed by atoms with Crippen LogP contribution in [0.25, 0.3) is 0 Å². The second-order valence-corrected chi connectivity index (χ2v) is 3.89. The Labute approximate surface area is 100 Å². The molecule has 0 spiro atoms. The van der Waals surface area contributed by atoms with Crippen LogP contribution in [0.2, 0.25) is 0 Å². The monoisotopic (exact) mass is 247 g/mol. The van der Waals surface area contributed by atoms with Crippen molar-refractivity contribution in [2.24, 2.45) is 22.8 Å². The molecule has 0 fully saturated rings. The SMILES string of the molecule is CC(=O)N/C(=N/N)[C@H](/C=C/Cl)C(C)[C@H](C)O. The first-order valence-corrected chi connectivity index (χ1v) is 5.38. The highest BCUT2D eigenvalue weighted by Crippen LogP contribution is 2.18. The van der Waals surface area contributed by atoms with Crippen molar-refractivity contribution >= 4 is 23.3 Å². The van der Waals surface area contributed by atoms with E-state index in [1.807, 2.05) is 6.92 Å². The zero-order valence-corrected chi connectivity index (χ0v) is 10.4. The molecule has 0 aliphatic carbocycles. The summed E-state index contributed by atoms with van der Waals surface area (Å²) in [4.78, 5) is 10.9. The topological polar surface area (TPSA) is 87.7 Å². The van der Waals surface area contributed by atoms with Gasteiger partial charge >= 0.3 is 0 Å². The van der Waals surface area contributed by atoms with Gasteiger partial charge in [-0.15, -0.1) is 0 Å². The number of amidine groups is 1. The largest absolute Gasteiger partial charge is 0.393 e. The molecule has 3 atom stereocenters. The minimum absolute atomic E-state index is 0.163. The van der Waals surface area contributed by atoms with Crippen LogP contribution in [0.5, 0.6) is 0 Å².